The van der Waals surface area contributed by atoms with E-state index in [0.29, 0.717) is 26.5 Å². The molecule has 1 aliphatic carbocycles. The van der Waals surface area contributed by atoms with Crippen molar-refractivity contribution in [1.29, 1.82) is 0 Å². The fraction of sp³-hybridized carbons (Fsp3) is 0.238. The number of hydrogen-bond donors (Lipinski definition) is 3. The third kappa shape index (κ3) is 7.08. The number of carbonyl (C=O) groups is 3. The minimum absolute atomic E-state index is 0.0737. The number of hydrogen-bond acceptors (Lipinski definition) is 6. The lowest BCUT2D eigenvalue weighted by Gasteiger charge is -2.14. The highest BCUT2D eigenvalue weighted by molar-refractivity contribution is 9.10. The van der Waals surface area contributed by atoms with Gasteiger partial charge in [-0.15, -0.1) is 0 Å². The monoisotopic (exact) mass is 556 g/mol. The molecule has 1 saturated carbocycles. The van der Waals surface area contributed by atoms with Gasteiger partial charge in [0.05, 0.1) is 33.5 Å². The number of nitrogens with zero attached hydrogens (tertiary/aromatic N) is 1. The molecular weight excluding hydrogens is 539 g/mol. The van der Waals surface area contributed by atoms with Gasteiger partial charge in [0.25, 0.3) is 5.91 Å². The average Bonchev–Trinajstić information content (AvgIpc) is 3.59. The van der Waals surface area contributed by atoms with Gasteiger partial charge in [0.15, 0.2) is 18.1 Å². The number of anilines is 1. The molecule has 0 bridgehead atoms. The predicted octanol–water partition coefficient (Wildman–Crippen LogP) is 3.51. The second-order valence-corrected chi connectivity index (χ2v) is 8.56. The van der Waals surface area contributed by atoms with Crippen molar-refractivity contribution in [2.75, 3.05) is 19.0 Å². The summed E-state index contributed by atoms with van der Waals surface area (Å²) < 4.78 is 11.4. The zero-order valence-corrected chi connectivity index (χ0v) is 20.4. The van der Waals surface area contributed by atoms with Crippen molar-refractivity contribution in [3.05, 3.63) is 50.4 Å². The lowest BCUT2D eigenvalue weighted by atomic mass is 10.2. The van der Waals surface area contributed by atoms with E-state index in [4.69, 9.17) is 32.7 Å². The first-order chi connectivity index (χ1) is 15.8. The Hall–Kier alpha value is -2.82. The van der Waals surface area contributed by atoms with E-state index in [1.54, 1.807) is 30.3 Å². The molecular formula is C21H19BrCl2N4O5. The van der Waals surface area contributed by atoms with E-state index in [0.717, 1.165) is 12.8 Å². The Labute approximate surface area is 207 Å². The summed E-state index contributed by atoms with van der Waals surface area (Å²) in [6, 6.07) is 8.19. The molecule has 12 heteroatoms. The molecule has 0 unspecified atom stereocenters. The maximum absolute atomic E-state index is 12.3. The van der Waals surface area contributed by atoms with Crippen LogP contribution in [-0.2, 0) is 14.4 Å². The van der Waals surface area contributed by atoms with Gasteiger partial charge in [-0.05, 0) is 58.6 Å². The normalized spacial score (nSPS) is 12.8. The number of amides is 3. The summed E-state index contributed by atoms with van der Waals surface area (Å²) in [5, 5.41) is 9.52. The highest BCUT2D eigenvalue weighted by Gasteiger charge is 2.26. The molecule has 2 aromatic carbocycles. The molecule has 0 atom stereocenters. The zero-order chi connectivity index (χ0) is 24.0. The van der Waals surface area contributed by atoms with Gasteiger partial charge >= 0.3 is 11.8 Å². The van der Waals surface area contributed by atoms with E-state index in [-0.39, 0.29) is 23.4 Å². The number of benzene rings is 2. The molecule has 33 heavy (non-hydrogen) atoms. The maximum Gasteiger partial charge on any atom is 0.329 e. The number of rotatable bonds is 8. The van der Waals surface area contributed by atoms with Gasteiger partial charge < -0.3 is 20.1 Å². The third-order valence-electron chi connectivity index (χ3n) is 4.32. The Bertz CT molecular complexity index is 1110. The first-order valence-electron chi connectivity index (χ1n) is 9.66. The van der Waals surface area contributed by atoms with Crippen LogP contribution >= 0.6 is 39.1 Å². The van der Waals surface area contributed by atoms with E-state index in [2.05, 4.69) is 37.1 Å². The second kappa shape index (κ2) is 11.4. The maximum atomic E-state index is 12.3. The molecule has 0 aromatic heterocycles. The van der Waals surface area contributed by atoms with Gasteiger partial charge in [0.1, 0.15) is 0 Å². The van der Waals surface area contributed by atoms with Crippen molar-refractivity contribution >= 4 is 68.8 Å². The Morgan fingerprint density at radius 2 is 1.97 bits per heavy atom. The molecule has 0 radical (unpaired) electrons. The molecule has 1 fully saturated rings. The second-order valence-electron chi connectivity index (χ2n) is 6.92. The molecule has 9 nitrogen and oxygen atoms in total. The van der Waals surface area contributed by atoms with Crippen LogP contribution < -0.4 is 25.5 Å². The number of hydrazone groups is 1. The number of carbonyl (C=O) groups excluding carboxylic acids is 3. The van der Waals surface area contributed by atoms with Gasteiger partial charge in [-0.25, -0.2) is 5.43 Å². The van der Waals surface area contributed by atoms with E-state index in [1.165, 1.54) is 13.3 Å². The topological polar surface area (TPSA) is 118 Å². The van der Waals surface area contributed by atoms with Crippen molar-refractivity contribution in [2.45, 2.75) is 18.9 Å². The summed E-state index contributed by atoms with van der Waals surface area (Å²) in [5.41, 5.74) is 3.07. The molecule has 1 aliphatic rings. The number of methoxy groups -OCH3 is 1. The van der Waals surface area contributed by atoms with E-state index < -0.39 is 17.7 Å². The average molecular weight is 558 g/mol. The van der Waals surface area contributed by atoms with Crippen LogP contribution in [0.15, 0.2) is 39.9 Å². The lowest BCUT2D eigenvalue weighted by Crippen LogP contribution is -2.38. The van der Waals surface area contributed by atoms with Crippen LogP contribution in [0.3, 0.4) is 0 Å². The molecule has 0 heterocycles. The first kappa shape index (κ1) is 24.8. The Morgan fingerprint density at radius 3 is 2.67 bits per heavy atom. The molecule has 0 aliphatic heterocycles. The predicted molar refractivity (Wildman–Crippen MR) is 128 cm³/mol. The molecule has 3 rings (SSSR count). The van der Waals surface area contributed by atoms with Crippen LogP contribution in [0.2, 0.25) is 10.0 Å². The Balaban J connectivity index is 1.60. The van der Waals surface area contributed by atoms with Gasteiger partial charge in [0.2, 0.25) is 0 Å². The Morgan fingerprint density at radius 1 is 1.21 bits per heavy atom. The summed E-state index contributed by atoms with van der Waals surface area (Å²) in [5.74, 6) is -1.43. The first-order valence-corrected chi connectivity index (χ1v) is 11.2. The Kier molecular flexibility index (Phi) is 8.54. The SMILES string of the molecule is COc1cc(/C=N\NC(=O)C(=O)NC2CC2)cc(Br)c1OCC(=O)Nc1cccc(Cl)c1Cl. The van der Waals surface area contributed by atoms with Crippen LogP contribution in [0.1, 0.15) is 18.4 Å². The summed E-state index contributed by atoms with van der Waals surface area (Å²) >= 11 is 15.4. The molecule has 3 amide bonds. The molecule has 3 N–H and O–H groups in total. The lowest BCUT2D eigenvalue weighted by molar-refractivity contribution is -0.139. The third-order valence-corrected chi connectivity index (χ3v) is 5.73. The highest BCUT2D eigenvalue weighted by atomic mass is 79.9. The fourth-order valence-corrected chi connectivity index (χ4v) is 3.50. The number of halogens is 3. The van der Waals surface area contributed by atoms with Crippen LogP contribution in [0.4, 0.5) is 5.69 Å². The summed E-state index contributed by atoms with van der Waals surface area (Å²) in [4.78, 5) is 35.6. The van der Waals surface area contributed by atoms with Gasteiger partial charge in [0, 0.05) is 6.04 Å². The van der Waals surface area contributed by atoms with Gasteiger partial charge in [-0.1, -0.05) is 29.3 Å². The summed E-state index contributed by atoms with van der Waals surface area (Å²) in [7, 11) is 1.44. The van der Waals surface area contributed by atoms with Gasteiger partial charge in [-0.2, -0.15) is 5.10 Å². The number of ether oxygens (including phenoxy) is 2. The molecule has 0 saturated heterocycles. The molecule has 174 valence electrons. The molecule has 0 spiro atoms. The standard InChI is InChI=1S/C21H19BrCl2N4O5/c1-32-16-8-11(9-25-28-21(31)20(30)26-12-5-6-12)7-13(22)19(16)33-10-17(29)27-15-4-2-3-14(23)18(15)24/h2-4,7-9,12H,5-6,10H2,1H3,(H,26,30)(H,27,29)(H,28,31)/b25-9-. The van der Waals surface area contributed by atoms with E-state index in [9.17, 15) is 14.4 Å². The molecule has 2 aromatic rings. The minimum Gasteiger partial charge on any atom is -0.493 e. The van der Waals surface area contributed by atoms with Crippen molar-refractivity contribution in [1.82, 2.24) is 10.7 Å². The zero-order valence-electron chi connectivity index (χ0n) is 17.3. The van der Waals surface area contributed by atoms with Crippen LogP contribution in [0, 0.1) is 0 Å². The van der Waals surface area contributed by atoms with Crippen LogP contribution in [0.5, 0.6) is 11.5 Å². The van der Waals surface area contributed by atoms with Crippen molar-refractivity contribution in [3.63, 3.8) is 0 Å². The van der Waals surface area contributed by atoms with E-state index in [1.807, 2.05) is 0 Å². The number of nitrogens with one attached hydrogen (secondary N) is 3. The van der Waals surface area contributed by atoms with Crippen molar-refractivity contribution < 1.29 is 23.9 Å². The van der Waals surface area contributed by atoms with Crippen LogP contribution in [-0.4, -0.2) is 43.7 Å². The quantitative estimate of drug-likeness (QED) is 0.261. The fourth-order valence-electron chi connectivity index (χ4n) is 2.57. The summed E-state index contributed by atoms with van der Waals surface area (Å²) in [6.45, 7) is -0.322. The smallest absolute Gasteiger partial charge is 0.329 e. The van der Waals surface area contributed by atoms with Crippen LogP contribution in [0.25, 0.3) is 0 Å². The highest BCUT2D eigenvalue weighted by Crippen LogP contribution is 2.36. The van der Waals surface area contributed by atoms with Crippen molar-refractivity contribution in [3.8, 4) is 11.5 Å². The van der Waals surface area contributed by atoms with E-state index >= 15 is 0 Å². The summed E-state index contributed by atoms with van der Waals surface area (Å²) in [6.07, 6.45) is 3.09. The largest absolute Gasteiger partial charge is 0.493 e. The van der Waals surface area contributed by atoms with Gasteiger partial charge in [-0.3, -0.25) is 14.4 Å². The van der Waals surface area contributed by atoms with Crippen molar-refractivity contribution in [2.24, 2.45) is 5.10 Å². The minimum atomic E-state index is -0.852.